The first kappa shape index (κ1) is 15.2. The van der Waals surface area contributed by atoms with Crippen molar-refractivity contribution < 1.29 is 5.11 Å². The van der Waals surface area contributed by atoms with Gasteiger partial charge in [0.25, 0.3) is 0 Å². The molecule has 1 atom stereocenters. The Bertz CT molecular complexity index is 386. The summed E-state index contributed by atoms with van der Waals surface area (Å²) in [6, 6.07) is 9.11. The predicted molar refractivity (Wildman–Crippen MR) is 86.5 cm³/mol. The van der Waals surface area contributed by atoms with Crippen molar-refractivity contribution in [2.45, 2.75) is 45.6 Å². The van der Waals surface area contributed by atoms with Gasteiger partial charge in [-0.1, -0.05) is 19.3 Å². The number of likely N-dealkylation sites (N-methyl/N-ethyl adjacent to an activating group) is 1. The van der Waals surface area contributed by atoms with Crippen LogP contribution in [0.3, 0.4) is 0 Å². The second kappa shape index (κ2) is 7.53. The highest BCUT2D eigenvalue weighted by atomic mass is 16.3. The van der Waals surface area contributed by atoms with Gasteiger partial charge in [0.2, 0.25) is 0 Å². The molecular formula is C17H28N2O. The summed E-state index contributed by atoms with van der Waals surface area (Å²) in [5.74, 6) is 0.942. The number of hydrogen-bond donors (Lipinski definition) is 2. The molecule has 3 nitrogen and oxygen atoms in total. The van der Waals surface area contributed by atoms with Crippen molar-refractivity contribution >= 4 is 11.4 Å². The van der Waals surface area contributed by atoms with E-state index >= 15 is 0 Å². The first-order valence-corrected chi connectivity index (χ1v) is 7.95. The van der Waals surface area contributed by atoms with Crippen LogP contribution in [-0.4, -0.2) is 30.8 Å². The highest BCUT2D eigenvalue weighted by molar-refractivity contribution is 5.55. The summed E-state index contributed by atoms with van der Waals surface area (Å²) >= 11 is 0. The third kappa shape index (κ3) is 4.14. The third-order valence-electron chi connectivity index (χ3n) is 4.31. The Balaban J connectivity index is 1.86. The van der Waals surface area contributed by atoms with Crippen LogP contribution in [0, 0.1) is 5.92 Å². The molecule has 0 saturated heterocycles. The maximum Gasteiger partial charge on any atom is 0.0606 e. The molecule has 3 heteroatoms. The molecule has 1 aliphatic rings. The minimum atomic E-state index is 0.201. The van der Waals surface area contributed by atoms with Gasteiger partial charge in [0, 0.05) is 30.5 Å². The van der Waals surface area contributed by atoms with Gasteiger partial charge in [-0.2, -0.15) is 0 Å². The van der Waals surface area contributed by atoms with Gasteiger partial charge in [0.05, 0.1) is 6.61 Å². The van der Waals surface area contributed by atoms with Crippen LogP contribution in [0.4, 0.5) is 11.4 Å². The molecule has 0 spiro atoms. The molecule has 20 heavy (non-hydrogen) atoms. The minimum Gasteiger partial charge on any atom is -0.395 e. The summed E-state index contributed by atoms with van der Waals surface area (Å²) in [7, 11) is 0. The summed E-state index contributed by atoms with van der Waals surface area (Å²) in [5.41, 5.74) is 2.37. The quantitative estimate of drug-likeness (QED) is 0.763. The van der Waals surface area contributed by atoms with Crippen molar-refractivity contribution in [2.75, 3.05) is 29.9 Å². The largest absolute Gasteiger partial charge is 0.395 e. The van der Waals surface area contributed by atoms with E-state index < -0.39 is 0 Å². The number of anilines is 2. The van der Waals surface area contributed by atoms with Crippen LogP contribution in [0.1, 0.15) is 39.5 Å². The van der Waals surface area contributed by atoms with E-state index in [0.29, 0.717) is 12.6 Å². The highest BCUT2D eigenvalue weighted by Crippen LogP contribution is 2.31. The van der Waals surface area contributed by atoms with E-state index in [1.807, 2.05) is 0 Å². The molecule has 112 valence electrons. The highest BCUT2D eigenvalue weighted by Gasteiger charge is 2.19. The molecule has 1 aliphatic carbocycles. The van der Waals surface area contributed by atoms with Crippen molar-refractivity contribution in [2.24, 2.45) is 5.92 Å². The topological polar surface area (TPSA) is 35.5 Å². The van der Waals surface area contributed by atoms with Gasteiger partial charge in [0.1, 0.15) is 0 Å². The maximum absolute atomic E-state index is 9.06. The van der Waals surface area contributed by atoms with Gasteiger partial charge in [-0.05, 0) is 50.5 Å². The second-order valence-electron chi connectivity index (χ2n) is 5.93. The van der Waals surface area contributed by atoms with E-state index in [2.05, 4.69) is 48.3 Å². The summed E-state index contributed by atoms with van der Waals surface area (Å²) in [5, 5.41) is 12.7. The normalized spacial score (nSPS) is 16.6. The number of hydrogen-bond acceptors (Lipinski definition) is 3. The fourth-order valence-corrected chi connectivity index (χ4v) is 2.93. The van der Waals surface area contributed by atoms with E-state index in [0.717, 1.165) is 12.5 Å². The van der Waals surface area contributed by atoms with Crippen molar-refractivity contribution in [3.8, 4) is 0 Å². The molecular weight excluding hydrogens is 248 g/mol. The monoisotopic (exact) mass is 276 g/mol. The number of rotatable bonds is 8. The molecule has 1 saturated carbocycles. The van der Waals surface area contributed by atoms with Gasteiger partial charge >= 0.3 is 0 Å². The SMILES string of the molecule is CCN(CCO)c1ccc(NC(C)CC2CCC2)cc1. The second-order valence-corrected chi connectivity index (χ2v) is 5.93. The molecule has 1 aromatic carbocycles. The zero-order chi connectivity index (χ0) is 14.4. The molecule has 0 heterocycles. The van der Waals surface area contributed by atoms with Crippen LogP contribution in [0.5, 0.6) is 0 Å². The van der Waals surface area contributed by atoms with Crippen LogP contribution in [0.15, 0.2) is 24.3 Å². The molecule has 1 aromatic rings. The molecule has 0 aliphatic heterocycles. The first-order valence-electron chi connectivity index (χ1n) is 7.95. The summed E-state index contributed by atoms with van der Waals surface area (Å²) in [4.78, 5) is 2.18. The number of nitrogens with zero attached hydrogens (tertiary/aromatic N) is 1. The summed E-state index contributed by atoms with van der Waals surface area (Å²) < 4.78 is 0. The minimum absolute atomic E-state index is 0.201. The Hall–Kier alpha value is -1.22. The maximum atomic E-state index is 9.06. The zero-order valence-electron chi connectivity index (χ0n) is 12.8. The van der Waals surface area contributed by atoms with E-state index in [4.69, 9.17) is 5.11 Å². The molecule has 0 radical (unpaired) electrons. The van der Waals surface area contributed by atoms with Crippen molar-refractivity contribution in [1.29, 1.82) is 0 Å². The summed E-state index contributed by atoms with van der Waals surface area (Å²) in [6.45, 7) is 6.21. The lowest BCUT2D eigenvalue weighted by Crippen LogP contribution is -2.26. The number of aliphatic hydroxyl groups excluding tert-OH is 1. The van der Waals surface area contributed by atoms with Crippen molar-refractivity contribution in [3.05, 3.63) is 24.3 Å². The van der Waals surface area contributed by atoms with Gasteiger partial charge in [-0.3, -0.25) is 0 Å². The number of nitrogens with one attached hydrogen (secondary N) is 1. The van der Waals surface area contributed by atoms with E-state index in [-0.39, 0.29) is 6.61 Å². The van der Waals surface area contributed by atoms with E-state index in [1.165, 1.54) is 37.1 Å². The van der Waals surface area contributed by atoms with E-state index in [1.54, 1.807) is 0 Å². The molecule has 1 unspecified atom stereocenters. The van der Waals surface area contributed by atoms with Gasteiger partial charge in [-0.15, -0.1) is 0 Å². The van der Waals surface area contributed by atoms with Gasteiger partial charge in [-0.25, -0.2) is 0 Å². The predicted octanol–water partition coefficient (Wildman–Crippen LogP) is 3.50. The lowest BCUT2D eigenvalue weighted by molar-refractivity contribution is 0.286. The zero-order valence-corrected chi connectivity index (χ0v) is 12.8. The summed E-state index contributed by atoms with van der Waals surface area (Å²) in [6.07, 6.45) is 5.53. The molecule has 0 bridgehead atoms. The molecule has 0 aromatic heterocycles. The van der Waals surface area contributed by atoms with Crippen LogP contribution < -0.4 is 10.2 Å². The van der Waals surface area contributed by atoms with Gasteiger partial charge in [0.15, 0.2) is 0 Å². The average Bonchev–Trinajstić information content (AvgIpc) is 2.41. The van der Waals surface area contributed by atoms with Crippen LogP contribution in [0.2, 0.25) is 0 Å². The average molecular weight is 276 g/mol. The lowest BCUT2D eigenvalue weighted by Gasteiger charge is -2.29. The smallest absolute Gasteiger partial charge is 0.0606 e. The number of benzene rings is 1. The van der Waals surface area contributed by atoms with Crippen molar-refractivity contribution in [1.82, 2.24) is 0 Å². The first-order chi connectivity index (χ1) is 9.72. The van der Waals surface area contributed by atoms with Crippen LogP contribution >= 0.6 is 0 Å². The molecule has 1 fully saturated rings. The third-order valence-corrected chi connectivity index (χ3v) is 4.31. The fraction of sp³-hybridized carbons (Fsp3) is 0.647. The standard InChI is InChI=1S/C17H28N2O/c1-3-19(11-12-20)17-9-7-16(8-10-17)18-14(2)13-15-5-4-6-15/h7-10,14-15,18,20H,3-6,11-13H2,1-2H3. The van der Waals surface area contributed by atoms with Crippen LogP contribution in [-0.2, 0) is 0 Å². The molecule has 2 N–H and O–H groups in total. The van der Waals surface area contributed by atoms with Crippen LogP contribution in [0.25, 0.3) is 0 Å². The Morgan fingerprint density at radius 1 is 1.30 bits per heavy atom. The molecule has 2 rings (SSSR count). The molecule has 0 amide bonds. The fourth-order valence-electron chi connectivity index (χ4n) is 2.93. The Labute approximate surface area is 123 Å². The number of aliphatic hydroxyl groups is 1. The van der Waals surface area contributed by atoms with Crippen molar-refractivity contribution in [3.63, 3.8) is 0 Å². The Morgan fingerprint density at radius 3 is 2.50 bits per heavy atom. The van der Waals surface area contributed by atoms with E-state index in [9.17, 15) is 0 Å². The Morgan fingerprint density at radius 2 is 2.00 bits per heavy atom. The lowest BCUT2D eigenvalue weighted by atomic mass is 9.81. The van der Waals surface area contributed by atoms with Gasteiger partial charge < -0.3 is 15.3 Å². The Kier molecular flexibility index (Phi) is 5.72.